The summed E-state index contributed by atoms with van der Waals surface area (Å²) in [6.07, 6.45) is 0. The molecule has 7 N–H and O–H groups in total. The Bertz CT molecular complexity index is 739. The molecule has 0 unspecified atom stereocenters. The number of primary amides is 2. The molecule has 0 saturated carbocycles. The number of carbonyl (C=O) groups excluding carboxylic acids is 2. The average Bonchev–Trinajstić information content (AvgIpc) is 2.89. The van der Waals surface area contributed by atoms with Crippen molar-refractivity contribution in [1.29, 1.82) is 0 Å². The van der Waals surface area contributed by atoms with Crippen LogP contribution in [-0.2, 0) is 0 Å². The predicted octanol–water partition coefficient (Wildman–Crippen LogP) is 0.951. The summed E-state index contributed by atoms with van der Waals surface area (Å²) in [5, 5.41) is 11.2. The molecule has 8 nitrogen and oxygen atoms in total. The number of hydrogen-bond donors (Lipinski definition) is 5. The number of benzene rings is 1. The fraction of sp³-hybridized carbons (Fsp3) is 0.200. The van der Waals surface area contributed by atoms with Crippen molar-refractivity contribution < 1.29 is 19.4 Å². The van der Waals surface area contributed by atoms with Crippen molar-refractivity contribution in [3.8, 4) is 17.0 Å². The Balaban J connectivity index is 2.51. The van der Waals surface area contributed by atoms with Crippen molar-refractivity contribution in [3.05, 3.63) is 35.4 Å². The molecule has 1 aromatic heterocycles. The second-order valence-electron chi connectivity index (χ2n) is 4.90. The van der Waals surface area contributed by atoms with E-state index in [2.05, 4.69) is 10.3 Å². The van der Waals surface area contributed by atoms with Crippen LogP contribution in [0, 0.1) is 6.92 Å². The second-order valence-corrected chi connectivity index (χ2v) is 4.90. The summed E-state index contributed by atoms with van der Waals surface area (Å²) >= 11 is 0. The number of anilines is 1. The minimum atomic E-state index is -0.818. The standard InChI is InChI=1S/C15H18N4O4/c1-8-2-3-12(23-5-4-20)9(6-8)11-7-10(13(16)21)14(18-11)19-15(17)22/h2-3,6-7,18,20H,4-5H2,1H3,(H2,16,21)(H3,17,19,22). The van der Waals surface area contributed by atoms with Gasteiger partial charge in [-0.1, -0.05) is 11.6 Å². The van der Waals surface area contributed by atoms with Crippen molar-refractivity contribution in [2.75, 3.05) is 18.5 Å². The van der Waals surface area contributed by atoms with Gasteiger partial charge in [0.2, 0.25) is 0 Å². The van der Waals surface area contributed by atoms with E-state index in [0.717, 1.165) is 5.56 Å². The van der Waals surface area contributed by atoms with Gasteiger partial charge in [-0.05, 0) is 25.1 Å². The summed E-state index contributed by atoms with van der Waals surface area (Å²) in [4.78, 5) is 25.5. The monoisotopic (exact) mass is 318 g/mol. The van der Waals surface area contributed by atoms with Crippen LogP contribution in [0.4, 0.5) is 10.6 Å². The van der Waals surface area contributed by atoms with Crippen molar-refractivity contribution in [2.24, 2.45) is 11.5 Å². The number of aromatic amines is 1. The molecule has 8 heteroatoms. The minimum absolute atomic E-state index is 0.105. The van der Waals surface area contributed by atoms with E-state index in [4.69, 9.17) is 21.3 Å². The highest BCUT2D eigenvalue weighted by atomic mass is 16.5. The maximum Gasteiger partial charge on any atom is 0.317 e. The Morgan fingerprint density at radius 1 is 1.30 bits per heavy atom. The van der Waals surface area contributed by atoms with Crippen LogP contribution in [0.1, 0.15) is 15.9 Å². The summed E-state index contributed by atoms with van der Waals surface area (Å²) in [6, 6.07) is 6.15. The second kappa shape index (κ2) is 6.84. The number of aliphatic hydroxyl groups is 1. The molecule has 0 atom stereocenters. The van der Waals surface area contributed by atoms with Crippen molar-refractivity contribution >= 4 is 17.8 Å². The number of rotatable bonds is 6. The van der Waals surface area contributed by atoms with Crippen LogP contribution in [-0.4, -0.2) is 35.2 Å². The Kier molecular flexibility index (Phi) is 4.87. The number of nitrogens with two attached hydrogens (primary N) is 2. The van der Waals surface area contributed by atoms with Crippen molar-refractivity contribution in [1.82, 2.24) is 4.98 Å². The molecule has 2 aromatic rings. The fourth-order valence-corrected chi connectivity index (χ4v) is 2.15. The molecule has 0 fully saturated rings. The molecule has 0 aliphatic carbocycles. The van der Waals surface area contributed by atoms with E-state index in [-0.39, 0.29) is 24.6 Å². The van der Waals surface area contributed by atoms with Crippen LogP contribution in [0.2, 0.25) is 0 Å². The first-order valence-electron chi connectivity index (χ1n) is 6.86. The van der Waals surface area contributed by atoms with Gasteiger partial charge in [0, 0.05) is 5.56 Å². The van der Waals surface area contributed by atoms with Gasteiger partial charge < -0.3 is 26.3 Å². The molecule has 122 valence electrons. The van der Waals surface area contributed by atoms with Crippen molar-refractivity contribution in [3.63, 3.8) is 0 Å². The number of H-pyrrole nitrogens is 1. The van der Waals surface area contributed by atoms with Gasteiger partial charge in [-0.15, -0.1) is 0 Å². The van der Waals surface area contributed by atoms with E-state index in [1.165, 1.54) is 6.07 Å². The van der Waals surface area contributed by atoms with Gasteiger partial charge in [-0.25, -0.2) is 4.79 Å². The van der Waals surface area contributed by atoms with Crippen LogP contribution < -0.4 is 21.5 Å². The molecule has 2 rings (SSSR count). The van der Waals surface area contributed by atoms with Crippen molar-refractivity contribution in [2.45, 2.75) is 6.92 Å². The number of hydrogen-bond acceptors (Lipinski definition) is 4. The fourth-order valence-electron chi connectivity index (χ4n) is 2.15. The molecule has 0 bridgehead atoms. The lowest BCUT2D eigenvalue weighted by Gasteiger charge is -2.10. The number of aromatic nitrogens is 1. The maximum absolute atomic E-state index is 11.5. The SMILES string of the molecule is Cc1ccc(OCCO)c(-c2cc(C(N)=O)c(NC(N)=O)[nH]2)c1. The van der Waals surface area contributed by atoms with Crippen LogP contribution in [0.3, 0.4) is 0 Å². The molecule has 0 aliphatic rings. The third kappa shape index (κ3) is 3.80. The number of aliphatic hydroxyl groups excluding tert-OH is 1. The summed E-state index contributed by atoms with van der Waals surface area (Å²) in [6.45, 7) is 1.91. The lowest BCUT2D eigenvalue weighted by atomic mass is 10.1. The quantitative estimate of drug-likeness (QED) is 0.540. The smallest absolute Gasteiger partial charge is 0.317 e. The molecule has 1 heterocycles. The number of aryl methyl sites for hydroxylation is 1. The van der Waals surface area contributed by atoms with Gasteiger partial charge in [-0.2, -0.15) is 0 Å². The van der Waals surface area contributed by atoms with Crippen LogP contribution in [0.5, 0.6) is 5.75 Å². The lowest BCUT2D eigenvalue weighted by molar-refractivity contribution is 0.100. The molecular weight excluding hydrogens is 300 g/mol. The van der Waals surface area contributed by atoms with Gasteiger partial charge in [0.1, 0.15) is 18.2 Å². The first kappa shape index (κ1) is 16.4. The average molecular weight is 318 g/mol. The zero-order chi connectivity index (χ0) is 17.0. The van der Waals surface area contributed by atoms with E-state index in [0.29, 0.717) is 17.0 Å². The molecule has 0 aliphatic heterocycles. The van der Waals surface area contributed by atoms with E-state index >= 15 is 0 Å². The number of urea groups is 1. The molecule has 0 saturated heterocycles. The predicted molar refractivity (Wildman–Crippen MR) is 85.3 cm³/mol. The molecular formula is C15H18N4O4. The maximum atomic E-state index is 11.5. The molecule has 0 radical (unpaired) electrons. The summed E-state index contributed by atoms with van der Waals surface area (Å²) in [5.41, 5.74) is 12.7. The summed E-state index contributed by atoms with van der Waals surface area (Å²) in [7, 11) is 0. The Morgan fingerprint density at radius 3 is 2.65 bits per heavy atom. The third-order valence-electron chi connectivity index (χ3n) is 3.11. The number of ether oxygens (including phenoxy) is 1. The first-order valence-corrected chi connectivity index (χ1v) is 6.86. The van der Waals surface area contributed by atoms with Crippen LogP contribution in [0.15, 0.2) is 24.3 Å². The minimum Gasteiger partial charge on any atom is -0.490 e. The Morgan fingerprint density at radius 2 is 2.04 bits per heavy atom. The number of carbonyl (C=O) groups is 2. The summed E-state index contributed by atoms with van der Waals surface area (Å²) in [5.74, 6) is -0.0658. The largest absolute Gasteiger partial charge is 0.490 e. The van der Waals surface area contributed by atoms with Gasteiger partial charge in [0.25, 0.3) is 5.91 Å². The van der Waals surface area contributed by atoms with Crippen LogP contribution in [0.25, 0.3) is 11.3 Å². The zero-order valence-electron chi connectivity index (χ0n) is 12.6. The molecule has 0 spiro atoms. The van der Waals surface area contributed by atoms with E-state index in [9.17, 15) is 9.59 Å². The first-order chi connectivity index (χ1) is 10.9. The van der Waals surface area contributed by atoms with Gasteiger partial charge in [0.05, 0.1) is 17.9 Å². The van der Waals surface area contributed by atoms with E-state index in [1.807, 2.05) is 19.1 Å². The number of amides is 3. The van der Waals surface area contributed by atoms with E-state index in [1.54, 1.807) is 6.07 Å². The lowest BCUT2D eigenvalue weighted by Crippen LogP contribution is -2.22. The Hall–Kier alpha value is -3.00. The summed E-state index contributed by atoms with van der Waals surface area (Å²) < 4.78 is 5.49. The molecule has 23 heavy (non-hydrogen) atoms. The van der Waals surface area contributed by atoms with Gasteiger partial charge >= 0.3 is 6.03 Å². The highest BCUT2D eigenvalue weighted by molar-refractivity contribution is 6.03. The van der Waals surface area contributed by atoms with Gasteiger partial charge in [0.15, 0.2) is 0 Å². The topological polar surface area (TPSA) is 143 Å². The zero-order valence-corrected chi connectivity index (χ0v) is 12.6. The van der Waals surface area contributed by atoms with Crippen LogP contribution >= 0.6 is 0 Å². The van der Waals surface area contributed by atoms with E-state index < -0.39 is 11.9 Å². The Labute approximate surface area is 132 Å². The molecule has 1 aromatic carbocycles. The highest BCUT2D eigenvalue weighted by Gasteiger charge is 2.17. The highest BCUT2D eigenvalue weighted by Crippen LogP contribution is 2.33. The van der Waals surface area contributed by atoms with Gasteiger partial charge in [-0.3, -0.25) is 10.1 Å². The normalized spacial score (nSPS) is 10.3. The number of nitrogens with one attached hydrogen (secondary N) is 2. The molecule has 3 amide bonds. The third-order valence-corrected chi connectivity index (χ3v) is 3.11.